The predicted octanol–water partition coefficient (Wildman–Crippen LogP) is 6.88. The number of carbonyl (C=O) groups is 2. The van der Waals surface area contributed by atoms with E-state index < -0.39 is 0 Å². The molecule has 1 aliphatic rings. The first-order valence-corrected chi connectivity index (χ1v) is 14.3. The minimum Gasteiger partial charge on any atom is -0.355 e. The van der Waals surface area contributed by atoms with Gasteiger partial charge in [-0.15, -0.1) is 11.3 Å². The Morgan fingerprint density at radius 1 is 0.833 bits per heavy atom. The van der Waals surface area contributed by atoms with E-state index in [1.54, 1.807) is 51.6 Å². The molecule has 0 atom stereocenters. The Morgan fingerprint density at radius 3 is 2.45 bits per heavy atom. The first kappa shape index (κ1) is 25.8. The zero-order valence-corrected chi connectivity index (χ0v) is 23.1. The second kappa shape index (κ2) is 10.7. The zero-order chi connectivity index (χ0) is 28.6. The second-order valence-electron chi connectivity index (χ2n) is 10.1. The van der Waals surface area contributed by atoms with E-state index in [2.05, 4.69) is 21.4 Å². The molecule has 1 aliphatic heterocycles. The number of hydrogen-bond donors (Lipinski definition) is 1. The molecule has 9 heteroatoms. The van der Waals surface area contributed by atoms with Crippen molar-refractivity contribution in [3.63, 3.8) is 0 Å². The number of carbonyl (C=O) groups excluding carboxylic acids is 2. The SMILES string of the molecule is O=C(c1ccc(-c2ccc3c(Nc4ccc5scnc5c4)ccnc3c2)cc1)N1CCN(c2ccc(F)cc2)C(=O)C1. The summed E-state index contributed by atoms with van der Waals surface area (Å²) in [7, 11) is 0. The number of fused-ring (bicyclic) bond motifs is 2. The van der Waals surface area contributed by atoms with E-state index in [-0.39, 0.29) is 24.2 Å². The van der Waals surface area contributed by atoms with Gasteiger partial charge in [-0.3, -0.25) is 14.6 Å². The van der Waals surface area contributed by atoms with Crippen LogP contribution in [0.15, 0.2) is 103 Å². The highest BCUT2D eigenvalue weighted by atomic mass is 32.1. The number of pyridine rings is 1. The maximum Gasteiger partial charge on any atom is 0.254 e. The number of nitrogens with one attached hydrogen (secondary N) is 1. The quantitative estimate of drug-likeness (QED) is 0.243. The summed E-state index contributed by atoms with van der Waals surface area (Å²) in [5.41, 5.74) is 8.67. The fraction of sp³-hybridized carbons (Fsp3) is 0.0909. The van der Waals surface area contributed by atoms with Crippen molar-refractivity contribution in [3.8, 4) is 11.1 Å². The van der Waals surface area contributed by atoms with Crippen LogP contribution in [0, 0.1) is 5.82 Å². The summed E-state index contributed by atoms with van der Waals surface area (Å²) in [6.45, 7) is 0.727. The molecule has 1 saturated heterocycles. The summed E-state index contributed by atoms with van der Waals surface area (Å²) in [5.74, 6) is -0.745. The molecule has 7 nitrogen and oxygen atoms in total. The van der Waals surface area contributed by atoms with Crippen molar-refractivity contribution >= 4 is 61.3 Å². The number of anilines is 3. The summed E-state index contributed by atoms with van der Waals surface area (Å²) in [4.78, 5) is 38.1. The molecule has 206 valence electrons. The molecular formula is C33H24FN5O2S. The van der Waals surface area contributed by atoms with Crippen molar-refractivity contribution in [2.24, 2.45) is 0 Å². The summed E-state index contributed by atoms with van der Waals surface area (Å²) in [5, 5.41) is 4.49. The molecule has 2 amide bonds. The van der Waals surface area contributed by atoms with Gasteiger partial charge >= 0.3 is 0 Å². The lowest BCUT2D eigenvalue weighted by molar-refractivity contribution is -0.120. The van der Waals surface area contributed by atoms with E-state index in [1.165, 1.54) is 12.1 Å². The standard InChI is InChI=1S/C33H24FN5O2S/c34-24-6-9-26(10-7-24)39-16-15-38(19-32(39)40)33(41)22-3-1-21(2-4-22)23-5-11-27-28(13-14-35-29(27)17-23)37-25-8-12-31-30(18-25)36-20-42-31/h1-14,17-18,20H,15-16,19H2,(H,35,37). The second-order valence-corrected chi connectivity index (χ2v) is 11.0. The Kier molecular flexibility index (Phi) is 6.56. The van der Waals surface area contributed by atoms with Crippen LogP contribution in [0.4, 0.5) is 21.5 Å². The molecule has 2 aromatic heterocycles. The van der Waals surface area contributed by atoms with Crippen LogP contribution < -0.4 is 10.2 Å². The van der Waals surface area contributed by atoms with Crippen molar-refractivity contribution in [1.29, 1.82) is 0 Å². The number of piperazine rings is 1. The number of aromatic nitrogens is 2. The van der Waals surface area contributed by atoms with Gasteiger partial charge in [0.1, 0.15) is 12.4 Å². The van der Waals surface area contributed by atoms with Gasteiger partial charge < -0.3 is 15.1 Å². The highest BCUT2D eigenvalue weighted by molar-refractivity contribution is 7.16. The maximum atomic E-state index is 13.3. The van der Waals surface area contributed by atoms with Gasteiger partial charge in [0.2, 0.25) is 5.91 Å². The lowest BCUT2D eigenvalue weighted by atomic mass is 10.0. The zero-order valence-electron chi connectivity index (χ0n) is 22.3. The van der Waals surface area contributed by atoms with Gasteiger partial charge in [-0.25, -0.2) is 9.37 Å². The molecule has 0 aliphatic carbocycles. The van der Waals surface area contributed by atoms with Gasteiger partial charge in [-0.1, -0.05) is 24.3 Å². The molecule has 0 saturated carbocycles. The van der Waals surface area contributed by atoms with Gasteiger partial charge in [0.05, 0.1) is 21.2 Å². The number of hydrogen-bond acceptors (Lipinski definition) is 6. The van der Waals surface area contributed by atoms with Crippen LogP contribution in [0.1, 0.15) is 10.4 Å². The van der Waals surface area contributed by atoms with Crippen molar-refractivity contribution in [3.05, 3.63) is 114 Å². The van der Waals surface area contributed by atoms with Crippen LogP contribution in [-0.4, -0.2) is 46.3 Å². The molecule has 1 N–H and O–H groups in total. The Morgan fingerprint density at radius 2 is 1.64 bits per heavy atom. The van der Waals surface area contributed by atoms with Crippen LogP contribution in [0.25, 0.3) is 32.2 Å². The van der Waals surface area contributed by atoms with Gasteiger partial charge in [0.25, 0.3) is 5.91 Å². The monoisotopic (exact) mass is 573 g/mol. The molecule has 0 radical (unpaired) electrons. The van der Waals surface area contributed by atoms with Crippen molar-refractivity contribution in [2.75, 3.05) is 29.9 Å². The molecule has 4 aromatic carbocycles. The van der Waals surface area contributed by atoms with Crippen LogP contribution in [0.3, 0.4) is 0 Å². The molecular weight excluding hydrogens is 549 g/mol. The first-order valence-electron chi connectivity index (χ1n) is 13.5. The van der Waals surface area contributed by atoms with Gasteiger partial charge in [0, 0.05) is 47.3 Å². The highest BCUT2D eigenvalue weighted by Gasteiger charge is 2.28. The molecule has 3 heterocycles. The number of thiazole rings is 1. The van der Waals surface area contributed by atoms with Crippen LogP contribution in [0.5, 0.6) is 0 Å². The lowest BCUT2D eigenvalue weighted by Crippen LogP contribution is -2.52. The lowest BCUT2D eigenvalue weighted by Gasteiger charge is -2.34. The molecule has 42 heavy (non-hydrogen) atoms. The number of halogens is 1. The molecule has 0 unspecified atom stereocenters. The van der Waals surface area contributed by atoms with E-state index >= 15 is 0 Å². The van der Waals surface area contributed by atoms with E-state index in [0.717, 1.165) is 43.6 Å². The number of amides is 2. The fourth-order valence-corrected chi connectivity index (χ4v) is 5.91. The Balaban J connectivity index is 1.06. The van der Waals surface area contributed by atoms with Gasteiger partial charge in [-0.05, 0) is 77.9 Å². The third kappa shape index (κ3) is 4.95. The van der Waals surface area contributed by atoms with E-state index in [0.29, 0.717) is 24.3 Å². The van der Waals surface area contributed by atoms with Crippen molar-refractivity contribution in [2.45, 2.75) is 0 Å². The van der Waals surface area contributed by atoms with Gasteiger partial charge in [0.15, 0.2) is 0 Å². The van der Waals surface area contributed by atoms with Crippen LogP contribution >= 0.6 is 11.3 Å². The number of benzene rings is 4. The minimum atomic E-state index is -0.356. The Labute approximate surface area is 244 Å². The fourth-order valence-electron chi connectivity index (χ4n) is 5.26. The molecule has 6 aromatic rings. The summed E-state index contributed by atoms with van der Waals surface area (Å²) in [6.07, 6.45) is 1.79. The average Bonchev–Trinajstić information content (AvgIpc) is 3.49. The summed E-state index contributed by atoms with van der Waals surface area (Å²) >= 11 is 1.62. The largest absolute Gasteiger partial charge is 0.355 e. The van der Waals surface area contributed by atoms with E-state index in [4.69, 9.17) is 0 Å². The van der Waals surface area contributed by atoms with Crippen molar-refractivity contribution < 1.29 is 14.0 Å². The number of rotatable bonds is 5. The van der Waals surface area contributed by atoms with Crippen LogP contribution in [-0.2, 0) is 4.79 Å². The topological polar surface area (TPSA) is 78.4 Å². The van der Waals surface area contributed by atoms with E-state index in [9.17, 15) is 14.0 Å². The minimum absolute atomic E-state index is 0.0255. The first-order chi connectivity index (χ1) is 20.5. The molecule has 7 rings (SSSR count). The number of nitrogens with zero attached hydrogens (tertiary/aromatic N) is 4. The Hall–Kier alpha value is -5.15. The summed E-state index contributed by atoms with van der Waals surface area (Å²) < 4.78 is 14.4. The van der Waals surface area contributed by atoms with E-state index in [1.807, 2.05) is 54.0 Å². The predicted molar refractivity (Wildman–Crippen MR) is 165 cm³/mol. The normalized spacial score (nSPS) is 13.6. The third-order valence-electron chi connectivity index (χ3n) is 7.46. The maximum absolute atomic E-state index is 13.3. The highest BCUT2D eigenvalue weighted by Crippen LogP contribution is 2.31. The smallest absolute Gasteiger partial charge is 0.254 e. The van der Waals surface area contributed by atoms with Crippen molar-refractivity contribution in [1.82, 2.24) is 14.9 Å². The van der Waals surface area contributed by atoms with Crippen LogP contribution in [0.2, 0.25) is 0 Å². The molecule has 0 bridgehead atoms. The Bertz CT molecular complexity index is 1960. The molecule has 1 fully saturated rings. The van der Waals surface area contributed by atoms with Gasteiger partial charge in [-0.2, -0.15) is 0 Å². The molecule has 0 spiro atoms. The summed E-state index contributed by atoms with van der Waals surface area (Å²) in [6, 6.07) is 27.4. The third-order valence-corrected chi connectivity index (χ3v) is 8.27. The average molecular weight is 574 g/mol.